The third-order valence-electron chi connectivity index (χ3n) is 2.22. The molecule has 0 aliphatic heterocycles. The van der Waals surface area contributed by atoms with Crippen LogP contribution in [0.3, 0.4) is 0 Å². The topological polar surface area (TPSA) is 75.6 Å². The summed E-state index contributed by atoms with van der Waals surface area (Å²) in [6.07, 6.45) is -0.203. The summed E-state index contributed by atoms with van der Waals surface area (Å²) >= 11 is 3.01. The zero-order valence-electron chi connectivity index (χ0n) is 11.7. The van der Waals surface area contributed by atoms with Crippen molar-refractivity contribution in [2.45, 2.75) is 32.7 Å². The third kappa shape index (κ3) is 13.8. The van der Waals surface area contributed by atoms with Crippen LogP contribution in [0.5, 0.6) is 0 Å². The van der Waals surface area contributed by atoms with Crippen LogP contribution in [0.2, 0.25) is 0 Å². The molecule has 0 unspecified atom stereocenters. The lowest BCUT2D eigenvalue weighted by molar-refractivity contribution is -0.109. The van der Waals surface area contributed by atoms with Gasteiger partial charge in [-0.2, -0.15) is 11.8 Å². The molecule has 112 valence electrons. The second kappa shape index (κ2) is 10.4. The van der Waals surface area contributed by atoms with Gasteiger partial charge in [0.15, 0.2) is 5.12 Å². The van der Waals surface area contributed by atoms with Crippen LogP contribution in [0.4, 0.5) is 4.79 Å². The van der Waals surface area contributed by atoms with Gasteiger partial charge in [-0.05, 0) is 26.0 Å². The minimum absolute atomic E-state index is 0.117. The Bertz CT molecular complexity index is 285. The Balaban J connectivity index is 3.35. The van der Waals surface area contributed by atoms with Gasteiger partial charge in [0.1, 0.15) is 0 Å². The molecule has 0 spiro atoms. The summed E-state index contributed by atoms with van der Waals surface area (Å²) in [6.45, 7) is 6.55. The van der Waals surface area contributed by atoms with E-state index >= 15 is 0 Å². The Morgan fingerprint density at radius 2 is 1.84 bits per heavy atom. The van der Waals surface area contributed by atoms with Crippen LogP contribution in [0.25, 0.3) is 0 Å². The SMILES string of the molecule is CC(=O)SCCOCCSCCC(C)(C)NC(=O)O. The lowest BCUT2D eigenvalue weighted by Crippen LogP contribution is -2.43. The van der Waals surface area contributed by atoms with Crippen LogP contribution in [0.1, 0.15) is 27.2 Å². The lowest BCUT2D eigenvalue weighted by Gasteiger charge is -2.24. The quantitative estimate of drug-likeness (QED) is 0.604. The van der Waals surface area contributed by atoms with Crippen molar-refractivity contribution in [2.75, 3.05) is 30.5 Å². The molecule has 0 aliphatic carbocycles. The number of carbonyl (C=O) groups is 2. The fourth-order valence-electron chi connectivity index (χ4n) is 1.25. The fourth-order valence-corrected chi connectivity index (χ4v) is 2.83. The number of carbonyl (C=O) groups excluding carboxylic acids is 1. The van der Waals surface area contributed by atoms with Gasteiger partial charge in [0, 0.05) is 24.0 Å². The van der Waals surface area contributed by atoms with Gasteiger partial charge < -0.3 is 15.2 Å². The number of amides is 1. The molecule has 7 heteroatoms. The van der Waals surface area contributed by atoms with Gasteiger partial charge >= 0.3 is 6.09 Å². The molecule has 0 aromatic heterocycles. The molecule has 0 heterocycles. The van der Waals surface area contributed by atoms with Crippen LogP contribution in [0, 0.1) is 0 Å². The summed E-state index contributed by atoms with van der Waals surface area (Å²) in [7, 11) is 0. The average Bonchev–Trinajstić information content (AvgIpc) is 2.24. The van der Waals surface area contributed by atoms with Gasteiger partial charge in [-0.3, -0.25) is 4.79 Å². The van der Waals surface area contributed by atoms with E-state index in [-0.39, 0.29) is 5.12 Å². The van der Waals surface area contributed by atoms with Crippen molar-refractivity contribution in [2.24, 2.45) is 0 Å². The number of nitrogens with one attached hydrogen (secondary N) is 1. The van der Waals surface area contributed by atoms with Crippen molar-refractivity contribution >= 4 is 34.7 Å². The summed E-state index contributed by atoms with van der Waals surface area (Å²) in [4.78, 5) is 21.2. The molecular formula is C12H23NO4S2. The van der Waals surface area contributed by atoms with Crippen molar-refractivity contribution in [3.8, 4) is 0 Å². The van der Waals surface area contributed by atoms with E-state index in [1.807, 2.05) is 13.8 Å². The number of thioether (sulfide) groups is 2. The van der Waals surface area contributed by atoms with Crippen LogP contribution >= 0.6 is 23.5 Å². The van der Waals surface area contributed by atoms with Crippen molar-refractivity contribution in [3.05, 3.63) is 0 Å². The lowest BCUT2D eigenvalue weighted by atomic mass is 10.0. The molecule has 0 aromatic carbocycles. The second-order valence-electron chi connectivity index (χ2n) is 4.63. The molecule has 0 rings (SSSR count). The highest BCUT2D eigenvalue weighted by atomic mass is 32.2. The van der Waals surface area contributed by atoms with Gasteiger partial charge in [-0.25, -0.2) is 4.79 Å². The molecule has 0 bridgehead atoms. The molecule has 0 saturated carbocycles. The monoisotopic (exact) mass is 309 g/mol. The van der Waals surface area contributed by atoms with E-state index in [1.54, 1.807) is 18.7 Å². The summed E-state index contributed by atoms with van der Waals surface area (Å²) in [6, 6.07) is 0. The number of rotatable bonds is 10. The molecule has 5 nitrogen and oxygen atoms in total. The van der Waals surface area contributed by atoms with Crippen molar-refractivity contribution in [1.29, 1.82) is 0 Å². The summed E-state index contributed by atoms with van der Waals surface area (Å²) in [5.41, 5.74) is -0.391. The van der Waals surface area contributed by atoms with E-state index in [4.69, 9.17) is 9.84 Å². The van der Waals surface area contributed by atoms with E-state index in [0.717, 1.165) is 17.9 Å². The van der Waals surface area contributed by atoms with E-state index < -0.39 is 11.6 Å². The predicted octanol–water partition coefficient (Wildman–Crippen LogP) is 2.45. The Hall–Kier alpha value is -0.400. The molecule has 0 saturated heterocycles. The first kappa shape index (κ1) is 18.6. The van der Waals surface area contributed by atoms with Gasteiger partial charge in [0.25, 0.3) is 0 Å². The minimum atomic E-state index is -0.985. The number of carboxylic acid groups (broad SMARTS) is 1. The highest BCUT2D eigenvalue weighted by Crippen LogP contribution is 2.13. The first-order valence-corrected chi connectivity index (χ1v) is 8.27. The maximum absolute atomic E-state index is 10.6. The first-order valence-electron chi connectivity index (χ1n) is 6.13. The van der Waals surface area contributed by atoms with Crippen LogP contribution in [-0.2, 0) is 9.53 Å². The zero-order chi connectivity index (χ0) is 14.7. The molecule has 2 N–H and O–H groups in total. The van der Waals surface area contributed by atoms with E-state index in [1.165, 1.54) is 11.8 Å². The summed E-state index contributed by atoms with van der Waals surface area (Å²) < 4.78 is 5.38. The van der Waals surface area contributed by atoms with Crippen molar-refractivity contribution in [3.63, 3.8) is 0 Å². The standard InChI is InChI=1S/C12H23NO4S2/c1-10(14)19-9-6-17-5-8-18-7-4-12(2,3)13-11(15)16/h13H,4-9H2,1-3H3,(H,15,16). The first-order chi connectivity index (χ1) is 8.83. The van der Waals surface area contributed by atoms with Crippen LogP contribution in [-0.4, -0.2) is 52.3 Å². The van der Waals surface area contributed by atoms with Gasteiger partial charge in [0.2, 0.25) is 0 Å². The number of hydrogen-bond donors (Lipinski definition) is 2. The van der Waals surface area contributed by atoms with Crippen LogP contribution in [0.15, 0.2) is 0 Å². The summed E-state index contributed by atoms with van der Waals surface area (Å²) in [5.74, 6) is 2.47. The van der Waals surface area contributed by atoms with Gasteiger partial charge in [-0.15, -0.1) is 0 Å². The number of ether oxygens (including phenoxy) is 1. The zero-order valence-corrected chi connectivity index (χ0v) is 13.4. The molecule has 0 aliphatic rings. The molecule has 1 amide bonds. The highest BCUT2D eigenvalue weighted by Gasteiger charge is 2.19. The fraction of sp³-hybridized carbons (Fsp3) is 0.833. The molecular weight excluding hydrogens is 286 g/mol. The Kier molecular flexibility index (Phi) is 10.2. The highest BCUT2D eigenvalue weighted by molar-refractivity contribution is 8.13. The van der Waals surface area contributed by atoms with E-state index in [2.05, 4.69) is 5.32 Å². The van der Waals surface area contributed by atoms with E-state index in [9.17, 15) is 9.59 Å². The number of hydrogen-bond acceptors (Lipinski definition) is 5. The normalized spacial score (nSPS) is 11.3. The van der Waals surface area contributed by atoms with E-state index in [0.29, 0.717) is 19.0 Å². The maximum Gasteiger partial charge on any atom is 0.405 e. The summed E-state index contributed by atoms with van der Waals surface area (Å²) in [5, 5.41) is 11.3. The van der Waals surface area contributed by atoms with Gasteiger partial charge in [-0.1, -0.05) is 11.8 Å². The molecule has 0 atom stereocenters. The Morgan fingerprint density at radius 1 is 1.21 bits per heavy atom. The van der Waals surface area contributed by atoms with Gasteiger partial charge in [0.05, 0.1) is 13.2 Å². The Morgan fingerprint density at radius 3 is 2.42 bits per heavy atom. The van der Waals surface area contributed by atoms with Crippen LogP contribution < -0.4 is 5.32 Å². The Labute approximate surface area is 123 Å². The van der Waals surface area contributed by atoms with Crippen molar-refractivity contribution in [1.82, 2.24) is 5.32 Å². The largest absolute Gasteiger partial charge is 0.465 e. The second-order valence-corrected chi connectivity index (χ2v) is 7.13. The average molecular weight is 309 g/mol. The van der Waals surface area contributed by atoms with Crippen molar-refractivity contribution < 1.29 is 19.4 Å². The molecule has 0 radical (unpaired) electrons. The third-order valence-corrected chi connectivity index (χ3v) is 3.95. The minimum Gasteiger partial charge on any atom is -0.465 e. The smallest absolute Gasteiger partial charge is 0.405 e. The predicted molar refractivity (Wildman–Crippen MR) is 81.1 cm³/mol. The maximum atomic E-state index is 10.6. The molecule has 0 fully saturated rings. The molecule has 0 aromatic rings. The molecule has 19 heavy (non-hydrogen) atoms.